The van der Waals surface area contributed by atoms with Gasteiger partial charge in [-0.1, -0.05) is 17.7 Å². The highest BCUT2D eigenvalue weighted by atomic mass is 32.1. The largest absolute Gasteiger partial charge is 0.507 e. The number of rotatable bonds is 5. The molecule has 0 fully saturated rings. The molecular weight excluding hydrogens is 392 g/mol. The SMILES string of the molecule is Cc1ccc(O)c(C(=O)OCC(=O)N2N=C(c3cccs3)C[C@H]2c2ccco2)c1. The lowest BCUT2D eigenvalue weighted by Gasteiger charge is -2.19. The summed E-state index contributed by atoms with van der Waals surface area (Å²) >= 11 is 1.54. The number of amides is 1. The van der Waals surface area contributed by atoms with Gasteiger partial charge in [-0.3, -0.25) is 4.79 Å². The van der Waals surface area contributed by atoms with Gasteiger partial charge in [-0.05, 0) is 42.6 Å². The summed E-state index contributed by atoms with van der Waals surface area (Å²) in [7, 11) is 0. The van der Waals surface area contributed by atoms with Crippen molar-refractivity contribution < 1.29 is 23.8 Å². The average Bonchev–Trinajstić information content (AvgIpc) is 3.47. The van der Waals surface area contributed by atoms with E-state index < -0.39 is 24.5 Å². The number of phenolic OH excluding ortho intramolecular Hbond substituents is 1. The number of aryl methyl sites for hydroxylation is 1. The summed E-state index contributed by atoms with van der Waals surface area (Å²) in [6.07, 6.45) is 2.05. The standard InChI is InChI=1S/C21H18N2O5S/c1-13-6-7-17(24)14(10-13)21(26)28-12-20(25)23-16(18-4-2-8-27-18)11-15(22-23)19-5-3-9-29-19/h2-10,16,24H,11-12H2,1H3/t16-/m0/s1. The number of carbonyl (C=O) groups excluding carboxylic acids is 2. The lowest BCUT2D eigenvalue weighted by molar-refractivity contribution is -0.136. The first-order chi connectivity index (χ1) is 14.0. The molecule has 3 heterocycles. The summed E-state index contributed by atoms with van der Waals surface area (Å²) in [5.41, 5.74) is 1.59. The monoisotopic (exact) mass is 410 g/mol. The maximum absolute atomic E-state index is 12.8. The number of ether oxygens (including phenoxy) is 1. The highest BCUT2D eigenvalue weighted by molar-refractivity contribution is 7.12. The van der Waals surface area contributed by atoms with Crippen LogP contribution in [0.25, 0.3) is 0 Å². The summed E-state index contributed by atoms with van der Waals surface area (Å²) in [4.78, 5) is 26.1. The molecule has 1 aromatic carbocycles. The van der Waals surface area contributed by atoms with Gasteiger partial charge in [-0.25, -0.2) is 9.80 Å². The van der Waals surface area contributed by atoms with Crippen molar-refractivity contribution in [1.29, 1.82) is 0 Å². The van der Waals surface area contributed by atoms with E-state index >= 15 is 0 Å². The van der Waals surface area contributed by atoms with Gasteiger partial charge in [-0.2, -0.15) is 5.10 Å². The van der Waals surface area contributed by atoms with Crippen LogP contribution in [0.3, 0.4) is 0 Å². The average molecular weight is 410 g/mol. The van der Waals surface area contributed by atoms with Crippen molar-refractivity contribution in [3.8, 4) is 5.75 Å². The number of hydrogen-bond donors (Lipinski definition) is 1. The first-order valence-corrected chi connectivity index (χ1v) is 9.84. The van der Waals surface area contributed by atoms with Crippen molar-refractivity contribution in [3.05, 3.63) is 75.9 Å². The topological polar surface area (TPSA) is 92.3 Å². The summed E-state index contributed by atoms with van der Waals surface area (Å²) in [5.74, 6) is -0.828. The Balaban J connectivity index is 1.50. The summed E-state index contributed by atoms with van der Waals surface area (Å²) in [5, 5.41) is 17.6. The number of esters is 1. The molecule has 0 aliphatic carbocycles. The molecule has 3 aromatic rings. The van der Waals surface area contributed by atoms with Crippen molar-refractivity contribution in [3.63, 3.8) is 0 Å². The number of benzene rings is 1. The van der Waals surface area contributed by atoms with E-state index in [1.54, 1.807) is 31.4 Å². The second-order valence-corrected chi connectivity index (χ2v) is 7.54. The van der Waals surface area contributed by atoms with E-state index in [0.717, 1.165) is 16.2 Å². The van der Waals surface area contributed by atoms with E-state index in [1.165, 1.54) is 28.5 Å². The van der Waals surface area contributed by atoms with E-state index in [-0.39, 0.29) is 11.3 Å². The molecule has 0 bridgehead atoms. The maximum Gasteiger partial charge on any atom is 0.342 e. The lowest BCUT2D eigenvalue weighted by atomic mass is 10.1. The highest BCUT2D eigenvalue weighted by Gasteiger charge is 2.35. The van der Waals surface area contributed by atoms with Crippen LogP contribution in [0.15, 0.2) is 63.6 Å². The predicted octanol–water partition coefficient (Wildman–Crippen LogP) is 3.89. The second-order valence-electron chi connectivity index (χ2n) is 6.59. The number of phenols is 1. The molecule has 0 unspecified atom stereocenters. The molecule has 0 spiro atoms. The zero-order valence-electron chi connectivity index (χ0n) is 15.6. The smallest absolute Gasteiger partial charge is 0.342 e. The molecule has 0 saturated carbocycles. The van der Waals surface area contributed by atoms with Crippen molar-refractivity contribution in [2.45, 2.75) is 19.4 Å². The van der Waals surface area contributed by atoms with Crippen LogP contribution in [-0.2, 0) is 9.53 Å². The first-order valence-electron chi connectivity index (χ1n) is 8.96. The Morgan fingerprint density at radius 2 is 2.17 bits per heavy atom. The number of nitrogens with zero attached hydrogens (tertiary/aromatic N) is 2. The van der Waals surface area contributed by atoms with Crippen LogP contribution >= 0.6 is 11.3 Å². The van der Waals surface area contributed by atoms with E-state index in [0.29, 0.717) is 12.2 Å². The van der Waals surface area contributed by atoms with E-state index in [1.807, 2.05) is 17.5 Å². The summed E-state index contributed by atoms with van der Waals surface area (Å²) in [6, 6.07) is 11.6. The quantitative estimate of drug-likeness (QED) is 0.644. The molecule has 1 amide bonds. The molecule has 2 aromatic heterocycles. The van der Waals surface area contributed by atoms with Crippen LogP contribution in [-0.4, -0.2) is 34.3 Å². The Morgan fingerprint density at radius 1 is 1.31 bits per heavy atom. The Labute approximate surface area is 170 Å². The van der Waals surface area contributed by atoms with Crippen LogP contribution in [0, 0.1) is 6.92 Å². The molecule has 8 heteroatoms. The fourth-order valence-corrected chi connectivity index (χ4v) is 3.84. The second kappa shape index (κ2) is 7.92. The van der Waals surface area contributed by atoms with Gasteiger partial charge in [0.1, 0.15) is 23.1 Å². The molecular formula is C21H18N2O5S. The number of carbonyl (C=O) groups is 2. The van der Waals surface area contributed by atoms with Gasteiger partial charge < -0.3 is 14.3 Å². The highest BCUT2D eigenvalue weighted by Crippen LogP contribution is 2.34. The number of aromatic hydroxyl groups is 1. The third-order valence-corrected chi connectivity index (χ3v) is 5.46. The Bertz CT molecular complexity index is 1060. The molecule has 29 heavy (non-hydrogen) atoms. The van der Waals surface area contributed by atoms with E-state index in [4.69, 9.17) is 9.15 Å². The Hall–Kier alpha value is -3.39. The minimum absolute atomic E-state index is 0.0181. The van der Waals surface area contributed by atoms with Gasteiger partial charge in [-0.15, -0.1) is 11.3 Å². The summed E-state index contributed by atoms with van der Waals surface area (Å²) < 4.78 is 10.6. The van der Waals surface area contributed by atoms with Gasteiger partial charge in [0.2, 0.25) is 0 Å². The molecule has 1 atom stereocenters. The van der Waals surface area contributed by atoms with E-state index in [2.05, 4.69) is 5.10 Å². The predicted molar refractivity (Wildman–Crippen MR) is 107 cm³/mol. The molecule has 0 saturated heterocycles. The van der Waals surface area contributed by atoms with Gasteiger partial charge in [0, 0.05) is 6.42 Å². The molecule has 148 valence electrons. The van der Waals surface area contributed by atoms with Crippen molar-refractivity contribution >= 4 is 28.9 Å². The number of thiophene rings is 1. The van der Waals surface area contributed by atoms with Crippen molar-refractivity contribution in [1.82, 2.24) is 5.01 Å². The fourth-order valence-electron chi connectivity index (χ4n) is 3.12. The number of hydrogen-bond acceptors (Lipinski definition) is 7. The number of hydrazone groups is 1. The van der Waals surface area contributed by atoms with Crippen LogP contribution in [0.5, 0.6) is 5.75 Å². The molecule has 1 aliphatic rings. The van der Waals surface area contributed by atoms with Crippen LogP contribution in [0.1, 0.15) is 39.0 Å². The normalized spacial score (nSPS) is 16.0. The van der Waals surface area contributed by atoms with Crippen molar-refractivity contribution in [2.24, 2.45) is 5.10 Å². The molecule has 1 N–H and O–H groups in total. The lowest BCUT2D eigenvalue weighted by Crippen LogP contribution is -2.31. The third kappa shape index (κ3) is 3.93. The number of furan rings is 1. The van der Waals surface area contributed by atoms with E-state index in [9.17, 15) is 14.7 Å². The minimum Gasteiger partial charge on any atom is -0.507 e. The van der Waals surface area contributed by atoms with Gasteiger partial charge >= 0.3 is 5.97 Å². The van der Waals surface area contributed by atoms with Gasteiger partial charge in [0.25, 0.3) is 5.91 Å². The molecule has 4 rings (SSSR count). The van der Waals surface area contributed by atoms with Crippen LogP contribution < -0.4 is 0 Å². The van der Waals surface area contributed by atoms with Crippen LogP contribution in [0.2, 0.25) is 0 Å². The zero-order chi connectivity index (χ0) is 20.4. The minimum atomic E-state index is -0.768. The zero-order valence-corrected chi connectivity index (χ0v) is 16.4. The summed E-state index contributed by atoms with van der Waals surface area (Å²) in [6.45, 7) is 1.30. The maximum atomic E-state index is 12.8. The van der Waals surface area contributed by atoms with Gasteiger partial charge in [0.05, 0.1) is 16.9 Å². The molecule has 7 nitrogen and oxygen atoms in total. The molecule has 0 radical (unpaired) electrons. The Morgan fingerprint density at radius 3 is 2.90 bits per heavy atom. The first kappa shape index (κ1) is 18.9. The van der Waals surface area contributed by atoms with Crippen molar-refractivity contribution in [2.75, 3.05) is 6.61 Å². The molecule has 1 aliphatic heterocycles. The third-order valence-electron chi connectivity index (χ3n) is 4.54. The van der Waals surface area contributed by atoms with Gasteiger partial charge in [0.15, 0.2) is 6.61 Å². The fraction of sp³-hybridized carbons (Fsp3) is 0.190. The Kier molecular flexibility index (Phi) is 5.18. The van der Waals surface area contributed by atoms with Crippen LogP contribution in [0.4, 0.5) is 0 Å².